The van der Waals surface area contributed by atoms with Crippen LogP contribution >= 0.6 is 0 Å². The number of ether oxygens (including phenoxy) is 1. The van der Waals surface area contributed by atoms with Gasteiger partial charge in [-0.1, -0.05) is 59.8 Å². The zero-order valence-corrected chi connectivity index (χ0v) is 24.1. The predicted molar refractivity (Wildman–Crippen MR) is 145 cm³/mol. The van der Waals surface area contributed by atoms with Crippen LogP contribution in [0.15, 0.2) is 34.9 Å². The van der Waals surface area contributed by atoms with Crippen molar-refractivity contribution in [3.63, 3.8) is 0 Å². The van der Waals surface area contributed by atoms with E-state index in [1.54, 1.807) is 6.92 Å². The molecule has 5 nitrogen and oxygen atoms in total. The number of aliphatic carboxylic acids is 1. The monoisotopic (exact) mass is 510 g/mol. The first-order chi connectivity index (χ1) is 17.1. The quantitative estimate of drug-likeness (QED) is 0.305. The molecule has 7 atom stereocenters. The number of allylic oxidation sites excluding steroid dienone is 4. The standard InChI is InChI=1S/C32H46O5/c1-19(10-9-11-20(2)28(35)36)24-18-27(37-21(3)33)32(8)23-12-13-25-29(4,5)26(34)15-16-30(25,6)22(23)14-17-31(24,32)7/h11-12,14,19,24-25,27H,9-10,13,15-18H2,1-8H3,(H,35,36)/b20-11+/t19?,24-,25+,27?,30-,31-,32-/m1/s1. The van der Waals surface area contributed by atoms with Gasteiger partial charge in [0.25, 0.3) is 0 Å². The van der Waals surface area contributed by atoms with Gasteiger partial charge >= 0.3 is 11.9 Å². The van der Waals surface area contributed by atoms with E-state index in [0.717, 1.165) is 38.5 Å². The third kappa shape index (κ3) is 4.06. The Labute approximate surface area is 222 Å². The van der Waals surface area contributed by atoms with Crippen molar-refractivity contribution in [2.45, 2.75) is 106 Å². The van der Waals surface area contributed by atoms with Crippen molar-refractivity contribution >= 4 is 17.7 Å². The number of Topliss-reactive ketones (excluding diaryl/α,β-unsaturated/α-hetero) is 1. The van der Waals surface area contributed by atoms with Gasteiger partial charge in [0, 0.05) is 29.7 Å². The van der Waals surface area contributed by atoms with Gasteiger partial charge in [0.05, 0.1) is 0 Å². The maximum Gasteiger partial charge on any atom is 0.330 e. The molecule has 0 aromatic rings. The fourth-order valence-electron chi connectivity index (χ4n) is 8.94. The first-order valence-electron chi connectivity index (χ1n) is 14.1. The number of hydrogen-bond donors (Lipinski definition) is 1. The molecule has 0 amide bonds. The molecule has 2 unspecified atom stereocenters. The first-order valence-corrected chi connectivity index (χ1v) is 14.1. The zero-order chi connectivity index (χ0) is 27.6. The Hall–Kier alpha value is -2.17. The summed E-state index contributed by atoms with van der Waals surface area (Å²) >= 11 is 0. The van der Waals surface area contributed by atoms with Gasteiger partial charge in [0.2, 0.25) is 0 Å². The molecule has 37 heavy (non-hydrogen) atoms. The van der Waals surface area contributed by atoms with Gasteiger partial charge in [0.15, 0.2) is 0 Å². The lowest BCUT2D eigenvalue weighted by Gasteiger charge is -2.60. The van der Waals surface area contributed by atoms with Crippen LogP contribution in [0.4, 0.5) is 0 Å². The summed E-state index contributed by atoms with van der Waals surface area (Å²) in [4.78, 5) is 36.4. The molecule has 0 saturated heterocycles. The van der Waals surface area contributed by atoms with E-state index in [4.69, 9.17) is 4.74 Å². The van der Waals surface area contributed by atoms with Crippen LogP contribution in [0.5, 0.6) is 0 Å². The molecule has 0 spiro atoms. The van der Waals surface area contributed by atoms with E-state index >= 15 is 0 Å². The van der Waals surface area contributed by atoms with Gasteiger partial charge < -0.3 is 9.84 Å². The topological polar surface area (TPSA) is 80.7 Å². The number of carboxylic acids is 1. The Morgan fingerprint density at radius 1 is 1.14 bits per heavy atom. The Kier molecular flexibility index (Phi) is 6.95. The molecule has 0 aromatic carbocycles. The second-order valence-electron chi connectivity index (χ2n) is 13.6. The third-order valence-corrected chi connectivity index (χ3v) is 11.5. The molecule has 0 aromatic heterocycles. The number of hydrogen-bond acceptors (Lipinski definition) is 4. The van der Waals surface area contributed by atoms with Crippen LogP contribution in [0.2, 0.25) is 0 Å². The Bertz CT molecular complexity index is 1090. The maximum atomic E-state index is 12.9. The fourth-order valence-corrected chi connectivity index (χ4v) is 8.94. The maximum absolute atomic E-state index is 12.9. The van der Waals surface area contributed by atoms with Crippen LogP contribution in [0.3, 0.4) is 0 Å². The normalized spacial score (nSPS) is 39.5. The number of esters is 1. The lowest BCUT2D eigenvalue weighted by Crippen LogP contribution is -2.55. The van der Waals surface area contributed by atoms with Crippen molar-refractivity contribution in [1.29, 1.82) is 0 Å². The molecule has 2 fully saturated rings. The smallest absolute Gasteiger partial charge is 0.330 e. The number of carbonyl (C=O) groups excluding carboxylic acids is 2. The van der Waals surface area contributed by atoms with E-state index < -0.39 is 5.97 Å². The highest BCUT2D eigenvalue weighted by Gasteiger charge is 2.67. The van der Waals surface area contributed by atoms with Crippen LogP contribution in [-0.2, 0) is 19.1 Å². The van der Waals surface area contributed by atoms with Crippen LogP contribution in [0, 0.1) is 39.4 Å². The van der Waals surface area contributed by atoms with Crippen LogP contribution < -0.4 is 0 Å². The number of fused-ring (bicyclic) bond motifs is 5. The van der Waals surface area contributed by atoms with Gasteiger partial charge in [-0.05, 0) is 85.2 Å². The summed E-state index contributed by atoms with van der Waals surface area (Å²) in [7, 11) is 0. The summed E-state index contributed by atoms with van der Waals surface area (Å²) in [6.07, 6.45) is 12.2. The highest BCUT2D eigenvalue weighted by atomic mass is 16.5. The summed E-state index contributed by atoms with van der Waals surface area (Å²) in [5.41, 5.74) is 2.31. The van der Waals surface area contributed by atoms with Gasteiger partial charge in [-0.2, -0.15) is 0 Å². The highest BCUT2D eigenvalue weighted by molar-refractivity contribution is 5.86. The molecule has 4 aliphatic carbocycles. The molecule has 4 rings (SSSR count). The predicted octanol–water partition coefficient (Wildman–Crippen LogP) is 7.07. The lowest BCUT2D eigenvalue weighted by atomic mass is 9.44. The van der Waals surface area contributed by atoms with Crippen molar-refractivity contribution in [2.75, 3.05) is 0 Å². The van der Waals surface area contributed by atoms with E-state index in [9.17, 15) is 19.5 Å². The second-order valence-corrected chi connectivity index (χ2v) is 13.6. The highest BCUT2D eigenvalue weighted by Crippen LogP contribution is 2.72. The van der Waals surface area contributed by atoms with Crippen molar-refractivity contribution in [2.24, 2.45) is 39.4 Å². The summed E-state index contributed by atoms with van der Waals surface area (Å²) in [6, 6.07) is 0. The molecular formula is C32H46O5. The van der Waals surface area contributed by atoms with Gasteiger partial charge in [0.1, 0.15) is 11.9 Å². The molecule has 4 aliphatic rings. The molecule has 0 aliphatic heterocycles. The van der Waals surface area contributed by atoms with Crippen LogP contribution in [0.1, 0.15) is 100 Å². The summed E-state index contributed by atoms with van der Waals surface area (Å²) in [6.45, 7) is 16.8. The van der Waals surface area contributed by atoms with Gasteiger partial charge in [-0.15, -0.1) is 0 Å². The molecule has 0 bridgehead atoms. The van der Waals surface area contributed by atoms with Crippen molar-refractivity contribution in [1.82, 2.24) is 0 Å². The third-order valence-electron chi connectivity index (χ3n) is 11.5. The van der Waals surface area contributed by atoms with Gasteiger partial charge in [-0.3, -0.25) is 9.59 Å². The second kappa shape index (κ2) is 9.24. The van der Waals surface area contributed by atoms with E-state index in [2.05, 4.69) is 53.7 Å². The molecule has 0 radical (unpaired) electrons. The Balaban J connectivity index is 1.73. The van der Waals surface area contributed by atoms with E-state index in [1.165, 1.54) is 18.1 Å². The van der Waals surface area contributed by atoms with E-state index in [-0.39, 0.29) is 39.7 Å². The number of carbonyl (C=O) groups is 3. The summed E-state index contributed by atoms with van der Waals surface area (Å²) < 4.78 is 6.13. The lowest BCUT2D eigenvalue weighted by molar-refractivity contribution is -0.152. The summed E-state index contributed by atoms with van der Waals surface area (Å²) in [5, 5.41) is 9.22. The number of carboxylic acid groups (broad SMARTS) is 1. The minimum atomic E-state index is -0.864. The molecule has 1 N–H and O–H groups in total. The minimum absolute atomic E-state index is 0.0601. The van der Waals surface area contributed by atoms with E-state index in [1.807, 2.05) is 6.08 Å². The SMILES string of the molecule is CC(=O)OC1C[C@H](C(C)CC/C=C(\C)C(=O)O)[C@@]2(C)CC=C3C(=CC[C@H]4C(C)(C)C(=O)CC[C@]34C)[C@]12C. The van der Waals surface area contributed by atoms with Crippen molar-refractivity contribution < 1.29 is 24.2 Å². The zero-order valence-electron chi connectivity index (χ0n) is 24.1. The first kappa shape index (κ1) is 27.9. The van der Waals surface area contributed by atoms with Crippen LogP contribution in [-0.4, -0.2) is 28.9 Å². The number of ketones is 1. The Morgan fingerprint density at radius 2 is 1.81 bits per heavy atom. The molecule has 2 saturated carbocycles. The van der Waals surface area contributed by atoms with Crippen molar-refractivity contribution in [3.05, 3.63) is 34.9 Å². The Morgan fingerprint density at radius 3 is 2.43 bits per heavy atom. The molecule has 0 heterocycles. The van der Waals surface area contributed by atoms with Crippen LogP contribution in [0.25, 0.3) is 0 Å². The summed E-state index contributed by atoms with van der Waals surface area (Å²) in [5.74, 6) is 0.251. The van der Waals surface area contributed by atoms with Crippen molar-refractivity contribution in [3.8, 4) is 0 Å². The largest absolute Gasteiger partial charge is 0.478 e. The molecule has 5 heteroatoms. The molecule has 204 valence electrons. The minimum Gasteiger partial charge on any atom is -0.478 e. The average molecular weight is 511 g/mol. The fraction of sp³-hybridized carbons (Fsp3) is 0.719. The van der Waals surface area contributed by atoms with E-state index in [0.29, 0.717) is 29.6 Å². The number of rotatable bonds is 6. The average Bonchev–Trinajstić information content (AvgIpc) is 3.03. The molecular weight excluding hydrogens is 464 g/mol. The van der Waals surface area contributed by atoms with Gasteiger partial charge in [-0.25, -0.2) is 4.79 Å².